The summed E-state index contributed by atoms with van der Waals surface area (Å²) in [7, 11) is 0. The largest absolute Gasteiger partial charge is 0.342 e. The molecule has 0 aliphatic carbocycles. The highest BCUT2D eigenvalue weighted by molar-refractivity contribution is 5.88. The van der Waals surface area contributed by atoms with Crippen LogP contribution in [0.4, 0.5) is 0 Å². The molecule has 16 heavy (non-hydrogen) atoms. The van der Waals surface area contributed by atoms with Crippen molar-refractivity contribution in [3.63, 3.8) is 0 Å². The second-order valence-electron chi connectivity index (χ2n) is 4.51. The minimum atomic E-state index is -0.209. The third kappa shape index (κ3) is 2.45. The predicted molar refractivity (Wildman–Crippen MR) is 69.3 cm³/mol. The number of piperidine rings is 1. The van der Waals surface area contributed by atoms with Gasteiger partial charge in [-0.15, -0.1) is 24.8 Å². The maximum absolute atomic E-state index is 11.9. The van der Waals surface area contributed by atoms with Crippen molar-refractivity contribution >= 4 is 30.7 Å². The van der Waals surface area contributed by atoms with Crippen molar-refractivity contribution in [1.29, 1.82) is 0 Å². The van der Waals surface area contributed by atoms with E-state index in [1.807, 2.05) is 0 Å². The number of rotatable bonds is 1. The topological polar surface area (TPSA) is 44.4 Å². The molecule has 0 saturated carbocycles. The third-order valence-electron chi connectivity index (χ3n) is 3.44. The average molecular weight is 270 g/mol. The molecule has 0 aromatic heterocycles. The Bertz CT molecular complexity index is 242. The quantitative estimate of drug-likeness (QED) is 0.739. The standard InChI is InChI=1S/C10H19N3O.2ClH/c1-8(2)13-7-12-9(14)10(13)3-5-11-6-4-10;;/h8,11H,3-7H2,1-2H3,(H,12,14);2*1H. The van der Waals surface area contributed by atoms with Gasteiger partial charge in [0, 0.05) is 6.04 Å². The molecule has 1 spiro atoms. The molecule has 2 N–H and O–H groups in total. The zero-order valence-corrected chi connectivity index (χ0v) is 11.4. The summed E-state index contributed by atoms with van der Waals surface area (Å²) in [5, 5.41) is 6.28. The molecule has 0 aromatic carbocycles. The van der Waals surface area contributed by atoms with E-state index in [1.54, 1.807) is 0 Å². The van der Waals surface area contributed by atoms with E-state index in [1.165, 1.54) is 0 Å². The summed E-state index contributed by atoms with van der Waals surface area (Å²) < 4.78 is 0. The second-order valence-corrected chi connectivity index (χ2v) is 4.51. The number of amides is 1. The first-order valence-corrected chi connectivity index (χ1v) is 5.42. The van der Waals surface area contributed by atoms with Crippen LogP contribution >= 0.6 is 24.8 Å². The Morgan fingerprint density at radius 1 is 1.25 bits per heavy atom. The molecule has 96 valence electrons. The molecule has 2 heterocycles. The zero-order chi connectivity index (χ0) is 10.2. The molecule has 2 aliphatic heterocycles. The predicted octanol–water partition coefficient (Wildman–Crippen LogP) is 0.750. The highest BCUT2D eigenvalue weighted by Gasteiger charge is 2.49. The summed E-state index contributed by atoms with van der Waals surface area (Å²) in [5.74, 6) is 0.229. The van der Waals surface area contributed by atoms with Gasteiger partial charge >= 0.3 is 0 Å². The van der Waals surface area contributed by atoms with E-state index in [0.717, 1.165) is 32.6 Å². The van der Waals surface area contributed by atoms with E-state index in [4.69, 9.17) is 0 Å². The van der Waals surface area contributed by atoms with Crippen molar-refractivity contribution in [2.45, 2.75) is 38.3 Å². The van der Waals surface area contributed by atoms with Crippen LogP contribution in [-0.4, -0.2) is 42.1 Å². The summed E-state index contributed by atoms with van der Waals surface area (Å²) in [6.07, 6.45) is 1.88. The van der Waals surface area contributed by atoms with Crippen molar-refractivity contribution in [3.05, 3.63) is 0 Å². The van der Waals surface area contributed by atoms with Crippen molar-refractivity contribution in [2.75, 3.05) is 19.8 Å². The van der Waals surface area contributed by atoms with Crippen LogP contribution in [0.15, 0.2) is 0 Å². The van der Waals surface area contributed by atoms with Crippen LogP contribution in [0.1, 0.15) is 26.7 Å². The van der Waals surface area contributed by atoms with Crippen molar-refractivity contribution in [1.82, 2.24) is 15.5 Å². The Morgan fingerprint density at radius 2 is 1.81 bits per heavy atom. The fraction of sp³-hybridized carbons (Fsp3) is 0.900. The van der Waals surface area contributed by atoms with E-state index in [-0.39, 0.29) is 36.3 Å². The molecule has 2 aliphatic rings. The molecule has 2 saturated heterocycles. The van der Waals surface area contributed by atoms with Gasteiger partial charge in [0.15, 0.2) is 0 Å². The number of hydrogen-bond acceptors (Lipinski definition) is 3. The SMILES string of the molecule is CC(C)N1CNC(=O)C12CCNCC2.Cl.Cl. The Kier molecular flexibility index (Phi) is 6.04. The first-order valence-electron chi connectivity index (χ1n) is 5.42. The molecule has 0 atom stereocenters. The summed E-state index contributed by atoms with van der Waals surface area (Å²) >= 11 is 0. The van der Waals surface area contributed by atoms with Crippen LogP contribution in [0.5, 0.6) is 0 Å². The van der Waals surface area contributed by atoms with Crippen molar-refractivity contribution < 1.29 is 4.79 Å². The van der Waals surface area contributed by atoms with Gasteiger partial charge < -0.3 is 10.6 Å². The van der Waals surface area contributed by atoms with Crippen LogP contribution in [0.2, 0.25) is 0 Å². The third-order valence-corrected chi connectivity index (χ3v) is 3.44. The molecular weight excluding hydrogens is 249 g/mol. The molecule has 6 heteroatoms. The number of carbonyl (C=O) groups is 1. The van der Waals surface area contributed by atoms with Gasteiger partial charge in [0.1, 0.15) is 5.54 Å². The molecule has 0 aromatic rings. The van der Waals surface area contributed by atoms with Gasteiger partial charge in [0.05, 0.1) is 6.67 Å². The first kappa shape index (κ1) is 16.0. The summed E-state index contributed by atoms with van der Waals surface area (Å²) in [5.41, 5.74) is -0.209. The molecule has 0 bridgehead atoms. The van der Waals surface area contributed by atoms with Crippen LogP contribution in [0.3, 0.4) is 0 Å². The van der Waals surface area contributed by atoms with Gasteiger partial charge in [-0.25, -0.2) is 0 Å². The van der Waals surface area contributed by atoms with Gasteiger partial charge in [0.2, 0.25) is 5.91 Å². The monoisotopic (exact) mass is 269 g/mol. The summed E-state index contributed by atoms with van der Waals surface area (Å²) in [6, 6.07) is 0.437. The lowest BCUT2D eigenvalue weighted by molar-refractivity contribution is -0.128. The fourth-order valence-electron chi connectivity index (χ4n) is 2.63. The molecule has 1 amide bonds. The number of halogens is 2. The van der Waals surface area contributed by atoms with Crippen LogP contribution < -0.4 is 10.6 Å². The van der Waals surface area contributed by atoms with E-state index < -0.39 is 0 Å². The van der Waals surface area contributed by atoms with Gasteiger partial charge in [0.25, 0.3) is 0 Å². The van der Waals surface area contributed by atoms with E-state index in [2.05, 4.69) is 29.4 Å². The van der Waals surface area contributed by atoms with Gasteiger partial charge in [-0.2, -0.15) is 0 Å². The lowest BCUT2D eigenvalue weighted by Gasteiger charge is -2.40. The maximum atomic E-state index is 11.9. The fourth-order valence-corrected chi connectivity index (χ4v) is 2.63. The number of nitrogens with one attached hydrogen (secondary N) is 2. The lowest BCUT2D eigenvalue weighted by Crippen LogP contribution is -2.57. The van der Waals surface area contributed by atoms with E-state index in [9.17, 15) is 4.79 Å². The first-order chi connectivity index (χ1) is 6.67. The van der Waals surface area contributed by atoms with Crippen molar-refractivity contribution in [3.8, 4) is 0 Å². The number of hydrogen-bond donors (Lipinski definition) is 2. The number of carbonyl (C=O) groups excluding carboxylic acids is 1. The normalized spacial score (nSPS) is 23.8. The molecule has 0 unspecified atom stereocenters. The Morgan fingerprint density at radius 3 is 2.31 bits per heavy atom. The van der Waals surface area contributed by atoms with Crippen LogP contribution in [-0.2, 0) is 4.79 Å². The molecule has 2 fully saturated rings. The minimum Gasteiger partial charge on any atom is -0.342 e. The van der Waals surface area contributed by atoms with E-state index >= 15 is 0 Å². The molecule has 4 nitrogen and oxygen atoms in total. The van der Waals surface area contributed by atoms with E-state index in [0.29, 0.717) is 6.04 Å². The summed E-state index contributed by atoms with van der Waals surface area (Å²) in [4.78, 5) is 14.2. The maximum Gasteiger partial charge on any atom is 0.241 e. The summed E-state index contributed by atoms with van der Waals surface area (Å²) in [6.45, 7) is 6.94. The van der Waals surface area contributed by atoms with Gasteiger partial charge in [-0.3, -0.25) is 9.69 Å². The number of nitrogens with zero attached hydrogens (tertiary/aromatic N) is 1. The van der Waals surface area contributed by atoms with Crippen LogP contribution in [0.25, 0.3) is 0 Å². The van der Waals surface area contributed by atoms with Crippen LogP contribution in [0, 0.1) is 0 Å². The Balaban J connectivity index is 0.00000112. The average Bonchev–Trinajstić information content (AvgIpc) is 2.46. The van der Waals surface area contributed by atoms with Crippen molar-refractivity contribution in [2.24, 2.45) is 0 Å². The van der Waals surface area contributed by atoms with Gasteiger partial charge in [-0.05, 0) is 39.8 Å². The Labute approximate surface area is 109 Å². The highest BCUT2D eigenvalue weighted by Crippen LogP contribution is 2.31. The zero-order valence-electron chi connectivity index (χ0n) is 9.78. The Hall–Kier alpha value is -0.0300. The lowest BCUT2D eigenvalue weighted by atomic mass is 9.86. The molecule has 0 radical (unpaired) electrons. The second kappa shape index (κ2) is 6.05. The smallest absolute Gasteiger partial charge is 0.241 e. The molecular formula is C10H21Cl2N3O. The van der Waals surface area contributed by atoms with Gasteiger partial charge in [-0.1, -0.05) is 0 Å². The highest BCUT2D eigenvalue weighted by atomic mass is 35.5. The molecule has 2 rings (SSSR count). The minimum absolute atomic E-state index is 0.